The van der Waals surface area contributed by atoms with Crippen LogP contribution in [0.5, 0.6) is 0 Å². The lowest BCUT2D eigenvalue weighted by molar-refractivity contribution is 0.305. The van der Waals surface area contributed by atoms with Crippen LogP contribution in [-0.4, -0.2) is 19.0 Å². The van der Waals surface area contributed by atoms with E-state index in [1.165, 1.54) is 12.5 Å². The molecule has 0 atom stereocenters. The summed E-state index contributed by atoms with van der Waals surface area (Å²) in [5.41, 5.74) is 0.425. The average molecular weight is 213 g/mol. The summed E-state index contributed by atoms with van der Waals surface area (Å²) in [6, 6.07) is 1.99. The van der Waals surface area contributed by atoms with E-state index in [2.05, 4.69) is 9.98 Å². The van der Waals surface area contributed by atoms with Crippen molar-refractivity contribution < 1.29 is 4.74 Å². The Balaban J connectivity index is 2.77. The average Bonchev–Trinajstić information content (AvgIpc) is 2.32. The van der Waals surface area contributed by atoms with Crippen LogP contribution in [0.15, 0.2) is 58.5 Å². The van der Waals surface area contributed by atoms with Crippen LogP contribution in [0.25, 0.3) is 0 Å². The maximum absolute atomic E-state index is 8.74. The summed E-state index contributed by atoms with van der Waals surface area (Å²) < 4.78 is 5.08. The van der Waals surface area contributed by atoms with Crippen molar-refractivity contribution in [3.05, 3.63) is 48.5 Å². The summed E-state index contributed by atoms with van der Waals surface area (Å²) in [4.78, 5) is 7.89. The van der Waals surface area contributed by atoms with Gasteiger partial charge in [-0.15, -0.1) is 0 Å². The maximum atomic E-state index is 8.74. The highest BCUT2D eigenvalue weighted by Gasteiger charge is 1.86. The molecule has 1 aliphatic rings. The minimum atomic E-state index is 0.368. The molecule has 4 nitrogen and oxygen atoms in total. The van der Waals surface area contributed by atoms with Crippen molar-refractivity contribution >= 4 is 12.4 Å². The van der Waals surface area contributed by atoms with E-state index in [1.54, 1.807) is 42.9 Å². The van der Waals surface area contributed by atoms with Crippen LogP contribution in [0.4, 0.5) is 0 Å². The number of nitriles is 1. The van der Waals surface area contributed by atoms with Gasteiger partial charge in [0, 0.05) is 24.8 Å². The third kappa shape index (κ3) is 5.35. The normalized spacial score (nSPS) is 27.3. The van der Waals surface area contributed by atoms with Crippen LogP contribution in [0.2, 0.25) is 0 Å². The highest BCUT2D eigenvalue weighted by atomic mass is 16.5. The first-order valence-electron chi connectivity index (χ1n) is 4.68. The van der Waals surface area contributed by atoms with E-state index >= 15 is 0 Å². The summed E-state index contributed by atoms with van der Waals surface area (Å²) in [5.74, 6) is 0. The minimum Gasteiger partial charge on any atom is -0.496 e. The number of ether oxygens (including phenoxy) is 1. The van der Waals surface area contributed by atoms with Gasteiger partial charge in [0.05, 0.1) is 11.8 Å². The van der Waals surface area contributed by atoms with E-state index in [1.807, 2.05) is 6.07 Å². The van der Waals surface area contributed by atoms with Gasteiger partial charge in [0.25, 0.3) is 0 Å². The SMILES string of the molecule is N#CC1=C/N=C/C=C\C=C/N=CCO/C=C\1. The van der Waals surface area contributed by atoms with Crippen LogP contribution >= 0.6 is 0 Å². The molecule has 0 aromatic carbocycles. The Kier molecular flexibility index (Phi) is 5.79. The molecule has 0 aliphatic carbocycles. The number of allylic oxidation sites excluding steroid dienone is 5. The molecule has 80 valence electrons. The molecule has 16 heavy (non-hydrogen) atoms. The van der Waals surface area contributed by atoms with Crippen LogP contribution in [0, 0.1) is 11.3 Å². The number of rotatable bonds is 0. The van der Waals surface area contributed by atoms with Crippen molar-refractivity contribution in [3.63, 3.8) is 0 Å². The fourth-order valence-electron chi connectivity index (χ4n) is 0.819. The Hall–Kier alpha value is -2.41. The molecule has 0 radical (unpaired) electrons. The predicted molar refractivity (Wildman–Crippen MR) is 64.1 cm³/mol. The van der Waals surface area contributed by atoms with E-state index in [0.29, 0.717) is 12.2 Å². The third-order valence-corrected chi connectivity index (χ3v) is 1.53. The summed E-state index contributed by atoms with van der Waals surface area (Å²) >= 11 is 0. The molecule has 1 aliphatic heterocycles. The molecular formula is C12H11N3O. The second kappa shape index (κ2) is 7.94. The monoisotopic (exact) mass is 213 g/mol. The van der Waals surface area contributed by atoms with Gasteiger partial charge in [-0.1, -0.05) is 6.08 Å². The third-order valence-electron chi connectivity index (χ3n) is 1.53. The largest absolute Gasteiger partial charge is 0.496 e. The highest BCUT2D eigenvalue weighted by Crippen LogP contribution is 1.95. The molecule has 1 rings (SSSR count). The molecule has 0 bridgehead atoms. The predicted octanol–water partition coefficient (Wildman–Crippen LogP) is 2.15. The van der Waals surface area contributed by atoms with Crippen molar-refractivity contribution in [2.45, 2.75) is 0 Å². The van der Waals surface area contributed by atoms with Crippen LogP contribution in [-0.2, 0) is 4.74 Å². The minimum absolute atomic E-state index is 0.368. The molecule has 0 amide bonds. The summed E-state index contributed by atoms with van der Waals surface area (Å²) in [5, 5.41) is 8.74. The van der Waals surface area contributed by atoms with Crippen molar-refractivity contribution in [2.75, 3.05) is 6.61 Å². The van der Waals surface area contributed by atoms with Crippen molar-refractivity contribution in [1.29, 1.82) is 5.26 Å². The van der Waals surface area contributed by atoms with Gasteiger partial charge in [0.2, 0.25) is 0 Å². The highest BCUT2D eigenvalue weighted by molar-refractivity contribution is 5.72. The van der Waals surface area contributed by atoms with Crippen LogP contribution in [0.3, 0.4) is 0 Å². The quantitative estimate of drug-likeness (QED) is 0.619. The standard InChI is InChI=1S/C12H11N3O/c13-10-12-4-8-16-9-7-14-5-2-1-3-6-15-11-12/h1-8,11H,9H2/b3-1-,5-2-,8-4-,12-11+,14-7?,15-6+. The molecule has 0 aromatic rings. The lowest BCUT2D eigenvalue weighted by Gasteiger charge is -1.92. The fourth-order valence-corrected chi connectivity index (χ4v) is 0.819. The van der Waals surface area contributed by atoms with Gasteiger partial charge in [0.15, 0.2) is 0 Å². The zero-order valence-electron chi connectivity index (χ0n) is 8.65. The molecule has 1 heterocycles. The molecular weight excluding hydrogens is 202 g/mol. The summed E-state index contributed by atoms with van der Waals surface area (Å²) in [7, 11) is 0. The molecule has 0 unspecified atom stereocenters. The molecule has 0 fully saturated rings. The number of hydrogen-bond donors (Lipinski definition) is 0. The molecule has 0 aromatic heterocycles. The van der Waals surface area contributed by atoms with Gasteiger partial charge < -0.3 is 4.74 Å². The summed E-state index contributed by atoms with van der Waals surface area (Å²) in [6.07, 6.45) is 14.7. The Morgan fingerprint density at radius 1 is 1.25 bits per heavy atom. The fraction of sp³-hybridized carbons (Fsp3) is 0.0833. The number of nitrogens with zero attached hydrogens (tertiary/aromatic N) is 3. The van der Waals surface area contributed by atoms with E-state index in [4.69, 9.17) is 10.00 Å². The second-order valence-corrected chi connectivity index (χ2v) is 2.69. The van der Waals surface area contributed by atoms with E-state index in [0.717, 1.165) is 0 Å². The lowest BCUT2D eigenvalue weighted by atomic mass is 10.3. The topological polar surface area (TPSA) is 57.7 Å². The first-order chi connectivity index (χ1) is 7.93. The second-order valence-electron chi connectivity index (χ2n) is 2.69. The Morgan fingerprint density at radius 2 is 2.19 bits per heavy atom. The van der Waals surface area contributed by atoms with E-state index in [9.17, 15) is 0 Å². The van der Waals surface area contributed by atoms with Crippen LogP contribution in [0.1, 0.15) is 0 Å². The van der Waals surface area contributed by atoms with E-state index < -0.39 is 0 Å². The maximum Gasteiger partial charge on any atom is 0.122 e. The zero-order valence-corrected chi connectivity index (χ0v) is 8.65. The van der Waals surface area contributed by atoms with Crippen LogP contribution < -0.4 is 0 Å². The number of hydrogen-bond acceptors (Lipinski definition) is 4. The Bertz CT molecular complexity index is 420. The van der Waals surface area contributed by atoms with Gasteiger partial charge in [0.1, 0.15) is 12.7 Å². The summed E-state index contributed by atoms with van der Waals surface area (Å²) in [6.45, 7) is 0.368. The molecule has 0 saturated heterocycles. The first kappa shape index (κ1) is 11.7. The van der Waals surface area contributed by atoms with Crippen molar-refractivity contribution in [1.82, 2.24) is 0 Å². The van der Waals surface area contributed by atoms with Crippen molar-refractivity contribution in [2.24, 2.45) is 9.98 Å². The zero-order chi connectivity index (χ0) is 11.5. The molecule has 4 heteroatoms. The first-order valence-corrected chi connectivity index (χ1v) is 4.68. The lowest BCUT2D eigenvalue weighted by Crippen LogP contribution is -1.87. The Labute approximate surface area is 94.3 Å². The number of aliphatic imine (C=N–C) groups is 2. The van der Waals surface area contributed by atoms with Crippen molar-refractivity contribution in [3.8, 4) is 6.07 Å². The van der Waals surface area contributed by atoms with Gasteiger partial charge in [-0.3, -0.25) is 9.98 Å². The molecule has 0 spiro atoms. The Morgan fingerprint density at radius 3 is 3.06 bits per heavy atom. The van der Waals surface area contributed by atoms with Gasteiger partial charge in [-0.05, 0) is 18.2 Å². The molecule has 0 N–H and O–H groups in total. The van der Waals surface area contributed by atoms with E-state index in [-0.39, 0.29) is 0 Å². The van der Waals surface area contributed by atoms with Gasteiger partial charge >= 0.3 is 0 Å². The van der Waals surface area contributed by atoms with Gasteiger partial charge in [-0.2, -0.15) is 5.26 Å². The van der Waals surface area contributed by atoms with Gasteiger partial charge in [-0.25, -0.2) is 0 Å². The molecule has 0 saturated carbocycles. The smallest absolute Gasteiger partial charge is 0.122 e.